The molecule has 0 saturated carbocycles. The number of amides is 3. The fraction of sp³-hybridized carbons (Fsp3) is 0.417. The fourth-order valence-electron chi connectivity index (χ4n) is 1.27. The highest BCUT2D eigenvalue weighted by atomic mass is 32.1. The first kappa shape index (κ1) is 15.2. The van der Waals surface area contributed by atoms with E-state index in [0.29, 0.717) is 11.4 Å². The van der Waals surface area contributed by atoms with E-state index in [9.17, 15) is 14.4 Å². The fourth-order valence-corrected chi connectivity index (χ4v) is 2.07. The maximum atomic E-state index is 11.8. The van der Waals surface area contributed by atoms with Crippen LogP contribution in [-0.2, 0) is 9.53 Å². The Kier molecular flexibility index (Phi) is 5.50. The first-order valence-electron chi connectivity index (χ1n) is 5.79. The number of carbonyl (C=O) groups is 3. The minimum absolute atomic E-state index is 0.404. The maximum absolute atomic E-state index is 11.8. The number of rotatable bonds is 4. The van der Waals surface area contributed by atoms with Crippen LogP contribution in [0.5, 0.6) is 0 Å². The molecule has 3 amide bonds. The van der Waals surface area contributed by atoms with Crippen molar-refractivity contribution in [2.45, 2.75) is 26.9 Å². The van der Waals surface area contributed by atoms with Gasteiger partial charge in [-0.05, 0) is 37.8 Å². The molecule has 0 aliphatic carbocycles. The van der Waals surface area contributed by atoms with Crippen molar-refractivity contribution < 1.29 is 19.1 Å². The van der Waals surface area contributed by atoms with E-state index in [0.717, 1.165) is 5.56 Å². The molecule has 1 rings (SSSR count). The van der Waals surface area contributed by atoms with E-state index in [4.69, 9.17) is 4.74 Å². The molecular formula is C12H16N2O4S. The summed E-state index contributed by atoms with van der Waals surface area (Å²) in [5.41, 5.74) is 0.798. The smallest absolute Gasteiger partial charge is 0.349 e. The van der Waals surface area contributed by atoms with Crippen molar-refractivity contribution in [2.24, 2.45) is 0 Å². The summed E-state index contributed by atoms with van der Waals surface area (Å²) in [6.45, 7) is 5.33. The van der Waals surface area contributed by atoms with E-state index in [2.05, 4.69) is 10.6 Å². The lowest BCUT2D eigenvalue weighted by Gasteiger charge is -2.12. The van der Waals surface area contributed by atoms with Crippen molar-refractivity contribution in [1.82, 2.24) is 10.6 Å². The Labute approximate surface area is 115 Å². The van der Waals surface area contributed by atoms with Gasteiger partial charge in [0.05, 0.1) is 0 Å². The number of hydrogen-bond donors (Lipinski definition) is 2. The molecule has 0 bridgehead atoms. The second-order valence-electron chi connectivity index (χ2n) is 3.83. The van der Waals surface area contributed by atoms with Crippen LogP contribution in [0.3, 0.4) is 0 Å². The molecule has 0 aliphatic heterocycles. The largest absolute Gasteiger partial charge is 0.448 e. The molecule has 104 valence electrons. The molecule has 1 aromatic heterocycles. The molecule has 1 heterocycles. The van der Waals surface area contributed by atoms with Gasteiger partial charge in [0.2, 0.25) is 0 Å². The molecule has 19 heavy (non-hydrogen) atoms. The topological polar surface area (TPSA) is 84.5 Å². The van der Waals surface area contributed by atoms with Crippen LogP contribution in [-0.4, -0.2) is 30.6 Å². The highest BCUT2D eigenvalue weighted by Crippen LogP contribution is 2.17. The van der Waals surface area contributed by atoms with Gasteiger partial charge in [-0.1, -0.05) is 0 Å². The van der Waals surface area contributed by atoms with E-state index in [-0.39, 0.29) is 0 Å². The van der Waals surface area contributed by atoms with Gasteiger partial charge in [-0.2, -0.15) is 0 Å². The highest BCUT2D eigenvalue weighted by Gasteiger charge is 2.21. The van der Waals surface area contributed by atoms with Crippen LogP contribution in [0.15, 0.2) is 11.4 Å². The standard InChI is InChI=1S/C12H16N2O4S/c1-4-13-12(17)14-10(15)8(3)18-11(16)9-7(2)5-6-19-9/h5-6,8H,4H2,1-3H3,(H2,13,14,15,17). The van der Waals surface area contributed by atoms with E-state index >= 15 is 0 Å². The number of urea groups is 1. The summed E-state index contributed by atoms with van der Waals surface area (Å²) in [5.74, 6) is -1.22. The Bertz CT molecular complexity index is 484. The van der Waals surface area contributed by atoms with Crippen LogP contribution >= 0.6 is 11.3 Å². The van der Waals surface area contributed by atoms with Gasteiger partial charge < -0.3 is 10.1 Å². The summed E-state index contributed by atoms with van der Waals surface area (Å²) in [5, 5.41) is 6.26. The van der Waals surface area contributed by atoms with Gasteiger partial charge >= 0.3 is 12.0 Å². The Hall–Kier alpha value is -1.89. The van der Waals surface area contributed by atoms with Crippen molar-refractivity contribution >= 4 is 29.2 Å². The van der Waals surface area contributed by atoms with E-state index < -0.39 is 24.0 Å². The molecule has 1 atom stereocenters. The summed E-state index contributed by atoms with van der Waals surface area (Å²) in [6, 6.07) is 1.18. The number of ether oxygens (including phenoxy) is 1. The Balaban J connectivity index is 2.53. The number of nitrogens with one attached hydrogen (secondary N) is 2. The van der Waals surface area contributed by atoms with Gasteiger partial charge in [-0.25, -0.2) is 9.59 Å². The Morgan fingerprint density at radius 3 is 2.63 bits per heavy atom. The van der Waals surface area contributed by atoms with Crippen molar-refractivity contribution in [3.05, 3.63) is 21.9 Å². The average Bonchev–Trinajstić information content (AvgIpc) is 2.75. The van der Waals surface area contributed by atoms with Gasteiger partial charge in [0.25, 0.3) is 5.91 Å². The number of hydrogen-bond acceptors (Lipinski definition) is 5. The van der Waals surface area contributed by atoms with Crippen LogP contribution < -0.4 is 10.6 Å². The summed E-state index contributed by atoms with van der Waals surface area (Å²) < 4.78 is 5.00. The predicted octanol–water partition coefficient (Wildman–Crippen LogP) is 1.45. The normalized spacial score (nSPS) is 11.5. The first-order chi connectivity index (χ1) is 8.95. The monoisotopic (exact) mass is 284 g/mol. The molecule has 0 saturated heterocycles. The van der Waals surface area contributed by atoms with Gasteiger partial charge in [-0.3, -0.25) is 10.1 Å². The molecule has 2 N–H and O–H groups in total. The third-order valence-electron chi connectivity index (χ3n) is 2.27. The number of thiophene rings is 1. The zero-order valence-electron chi connectivity index (χ0n) is 11.0. The SMILES string of the molecule is CCNC(=O)NC(=O)C(C)OC(=O)c1sccc1C. The summed E-state index contributed by atoms with van der Waals surface area (Å²) in [4.78, 5) is 34.9. The Morgan fingerprint density at radius 2 is 2.11 bits per heavy atom. The maximum Gasteiger partial charge on any atom is 0.349 e. The van der Waals surface area contributed by atoms with Gasteiger partial charge in [0.1, 0.15) is 4.88 Å². The van der Waals surface area contributed by atoms with Gasteiger partial charge in [-0.15, -0.1) is 11.3 Å². The minimum atomic E-state index is -1.03. The van der Waals surface area contributed by atoms with E-state index in [1.165, 1.54) is 18.3 Å². The van der Waals surface area contributed by atoms with Crippen LogP contribution in [0.2, 0.25) is 0 Å². The predicted molar refractivity (Wildman–Crippen MR) is 71.1 cm³/mol. The van der Waals surface area contributed by atoms with Crippen LogP contribution in [0, 0.1) is 6.92 Å². The average molecular weight is 284 g/mol. The molecule has 1 aromatic rings. The lowest BCUT2D eigenvalue weighted by Crippen LogP contribution is -2.44. The molecule has 1 unspecified atom stereocenters. The Morgan fingerprint density at radius 1 is 1.42 bits per heavy atom. The molecule has 6 nitrogen and oxygen atoms in total. The van der Waals surface area contributed by atoms with Gasteiger partial charge in [0.15, 0.2) is 6.10 Å². The van der Waals surface area contributed by atoms with Crippen LogP contribution in [0.25, 0.3) is 0 Å². The zero-order chi connectivity index (χ0) is 14.4. The van der Waals surface area contributed by atoms with Gasteiger partial charge in [0, 0.05) is 6.54 Å². The van der Waals surface area contributed by atoms with Crippen molar-refractivity contribution in [2.75, 3.05) is 6.54 Å². The number of carbonyl (C=O) groups excluding carboxylic acids is 3. The molecule has 0 spiro atoms. The third kappa shape index (κ3) is 4.36. The number of esters is 1. The second kappa shape index (κ2) is 6.89. The van der Waals surface area contributed by atoms with Crippen molar-refractivity contribution in [3.8, 4) is 0 Å². The lowest BCUT2D eigenvalue weighted by atomic mass is 10.3. The zero-order valence-corrected chi connectivity index (χ0v) is 11.8. The quantitative estimate of drug-likeness (QED) is 0.820. The van der Waals surface area contributed by atoms with E-state index in [1.807, 2.05) is 0 Å². The van der Waals surface area contributed by atoms with E-state index in [1.54, 1.807) is 25.3 Å². The second-order valence-corrected chi connectivity index (χ2v) is 4.75. The summed E-state index contributed by atoms with van der Waals surface area (Å²) in [6.07, 6.45) is -1.03. The first-order valence-corrected chi connectivity index (χ1v) is 6.67. The number of imide groups is 1. The molecule has 0 radical (unpaired) electrons. The molecule has 0 aliphatic rings. The molecular weight excluding hydrogens is 268 g/mol. The van der Waals surface area contributed by atoms with Crippen molar-refractivity contribution in [3.63, 3.8) is 0 Å². The molecule has 0 aromatic carbocycles. The lowest BCUT2D eigenvalue weighted by molar-refractivity contribution is -0.127. The van der Waals surface area contributed by atoms with Crippen LogP contribution in [0.4, 0.5) is 4.79 Å². The van der Waals surface area contributed by atoms with Crippen LogP contribution in [0.1, 0.15) is 29.1 Å². The molecule has 0 fully saturated rings. The number of aryl methyl sites for hydroxylation is 1. The molecule has 7 heteroatoms. The third-order valence-corrected chi connectivity index (χ3v) is 3.27. The summed E-state index contributed by atoms with van der Waals surface area (Å²) in [7, 11) is 0. The minimum Gasteiger partial charge on any atom is -0.448 e. The highest BCUT2D eigenvalue weighted by molar-refractivity contribution is 7.12. The summed E-state index contributed by atoms with van der Waals surface area (Å²) >= 11 is 1.25. The van der Waals surface area contributed by atoms with Crippen molar-refractivity contribution in [1.29, 1.82) is 0 Å².